The van der Waals surface area contributed by atoms with Crippen LogP contribution in [0.5, 0.6) is 17.2 Å². The number of ketones is 1. The number of ether oxygens (including phenoxy) is 5. The van der Waals surface area contributed by atoms with E-state index in [4.69, 9.17) is 23.7 Å². The van der Waals surface area contributed by atoms with E-state index in [1.165, 1.54) is 6.92 Å². The molecule has 9 heteroatoms. The molecule has 0 saturated heterocycles. The Hall–Kier alpha value is -4.92. The number of rotatable bonds is 17. The highest BCUT2D eigenvalue weighted by atomic mass is 16.5. The Bertz CT molecular complexity index is 1390. The molecular formula is C34H36O9. The molecular weight excluding hydrogens is 552 g/mol. The molecule has 226 valence electrons. The van der Waals surface area contributed by atoms with Gasteiger partial charge >= 0.3 is 17.9 Å². The van der Waals surface area contributed by atoms with Crippen molar-refractivity contribution < 1.29 is 42.9 Å². The third kappa shape index (κ3) is 11.5. The molecule has 0 aromatic heterocycles. The van der Waals surface area contributed by atoms with Crippen LogP contribution >= 0.6 is 0 Å². The van der Waals surface area contributed by atoms with E-state index in [1.807, 2.05) is 19.1 Å². The van der Waals surface area contributed by atoms with Crippen molar-refractivity contribution in [2.75, 3.05) is 26.4 Å². The molecule has 0 radical (unpaired) electrons. The molecule has 43 heavy (non-hydrogen) atoms. The molecule has 0 spiro atoms. The van der Waals surface area contributed by atoms with Crippen LogP contribution in [-0.4, -0.2) is 50.1 Å². The molecule has 0 N–H and O–H groups in total. The summed E-state index contributed by atoms with van der Waals surface area (Å²) in [6.45, 7) is 7.85. The molecule has 0 atom stereocenters. The van der Waals surface area contributed by atoms with Gasteiger partial charge in [0.05, 0.1) is 32.0 Å². The Labute approximate surface area is 251 Å². The second-order valence-corrected chi connectivity index (χ2v) is 9.58. The van der Waals surface area contributed by atoms with E-state index in [1.54, 1.807) is 54.6 Å². The van der Waals surface area contributed by atoms with Crippen LogP contribution in [0.25, 0.3) is 0 Å². The van der Waals surface area contributed by atoms with Crippen LogP contribution in [0.4, 0.5) is 0 Å². The van der Waals surface area contributed by atoms with Crippen LogP contribution in [-0.2, 0) is 25.5 Å². The zero-order valence-corrected chi connectivity index (χ0v) is 24.5. The Morgan fingerprint density at radius 1 is 0.744 bits per heavy atom. The van der Waals surface area contributed by atoms with Gasteiger partial charge in [0.25, 0.3) is 0 Å². The third-order valence-electron chi connectivity index (χ3n) is 6.18. The van der Waals surface area contributed by atoms with Crippen LogP contribution in [0.15, 0.2) is 79.4 Å². The number of benzene rings is 3. The minimum Gasteiger partial charge on any atom is -0.493 e. The molecule has 3 rings (SSSR count). The first-order chi connectivity index (χ1) is 20.7. The summed E-state index contributed by atoms with van der Waals surface area (Å²) in [5.41, 5.74) is 2.71. The average molecular weight is 589 g/mol. The molecule has 0 unspecified atom stereocenters. The summed E-state index contributed by atoms with van der Waals surface area (Å²) < 4.78 is 26.6. The number of Topliss-reactive ketones (excluding diaryl/α,β-unsaturated/α-hetero) is 1. The fourth-order valence-corrected chi connectivity index (χ4v) is 3.91. The quantitative estimate of drug-likeness (QED) is 0.0629. The maximum atomic E-state index is 12.7. The molecule has 9 nitrogen and oxygen atoms in total. The van der Waals surface area contributed by atoms with Gasteiger partial charge in [-0.3, -0.25) is 9.59 Å². The number of esters is 3. The number of aryl methyl sites for hydroxylation is 2. The second kappa shape index (κ2) is 17.1. The summed E-state index contributed by atoms with van der Waals surface area (Å²) in [6, 6.07) is 19.0. The van der Waals surface area contributed by atoms with Gasteiger partial charge < -0.3 is 23.7 Å². The topological polar surface area (TPSA) is 114 Å². The van der Waals surface area contributed by atoms with E-state index < -0.39 is 11.9 Å². The van der Waals surface area contributed by atoms with Crippen LogP contribution in [0.1, 0.15) is 58.0 Å². The summed E-state index contributed by atoms with van der Waals surface area (Å²) >= 11 is 0. The third-order valence-corrected chi connectivity index (χ3v) is 6.18. The molecule has 0 heterocycles. The Balaban J connectivity index is 1.42. The highest BCUT2D eigenvalue weighted by Crippen LogP contribution is 2.23. The lowest BCUT2D eigenvalue weighted by molar-refractivity contribution is -0.141. The summed E-state index contributed by atoms with van der Waals surface area (Å²) in [5, 5.41) is 0. The number of hydrogen-bond donors (Lipinski definition) is 0. The van der Waals surface area contributed by atoms with Gasteiger partial charge in [-0.05, 0) is 79.1 Å². The monoisotopic (exact) mass is 588 g/mol. The van der Waals surface area contributed by atoms with Crippen molar-refractivity contribution in [3.63, 3.8) is 0 Å². The van der Waals surface area contributed by atoms with Gasteiger partial charge in [-0.2, -0.15) is 0 Å². The number of carbonyl (C=O) groups is 4. The fraction of sp³-hybridized carbons (Fsp3) is 0.294. The molecule has 0 amide bonds. The lowest BCUT2D eigenvalue weighted by atomic mass is 10.0. The molecule has 0 bridgehead atoms. The first-order valence-corrected chi connectivity index (χ1v) is 14.0. The maximum absolute atomic E-state index is 12.7. The highest BCUT2D eigenvalue weighted by Gasteiger charge is 2.12. The number of hydrogen-bond acceptors (Lipinski definition) is 9. The van der Waals surface area contributed by atoms with E-state index in [9.17, 15) is 19.2 Å². The van der Waals surface area contributed by atoms with Crippen molar-refractivity contribution in [2.45, 2.75) is 39.5 Å². The van der Waals surface area contributed by atoms with E-state index in [0.717, 1.165) is 17.2 Å². The van der Waals surface area contributed by atoms with Gasteiger partial charge in [0.15, 0.2) is 5.78 Å². The minimum absolute atomic E-state index is 0.0121. The van der Waals surface area contributed by atoms with Gasteiger partial charge in [-0.15, -0.1) is 0 Å². The van der Waals surface area contributed by atoms with E-state index in [0.29, 0.717) is 73.9 Å². The van der Waals surface area contributed by atoms with Gasteiger partial charge in [0, 0.05) is 37.8 Å². The normalized spacial score (nSPS) is 10.4. The highest BCUT2D eigenvalue weighted by molar-refractivity contribution is 5.96. The Morgan fingerprint density at radius 2 is 1.33 bits per heavy atom. The zero-order valence-electron chi connectivity index (χ0n) is 24.5. The molecule has 0 aliphatic carbocycles. The molecule has 0 aliphatic rings. The summed E-state index contributed by atoms with van der Waals surface area (Å²) in [7, 11) is 0. The molecule has 3 aromatic rings. The molecule has 0 saturated carbocycles. The molecule has 3 aromatic carbocycles. The minimum atomic E-state index is -0.495. The number of carbonyl (C=O) groups excluding carboxylic acids is 4. The molecule has 0 aliphatic heterocycles. The van der Waals surface area contributed by atoms with Crippen molar-refractivity contribution >= 4 is 23.7 Å². The van der Waals surface area contributed by atoms with Gasteiger partial charge in [0.1, 0.15) is 17.2 Å². The summed E-state index contributed by atoms with van der Waals surface area (Å²) in [5.74, 6) is 0.396. The first-order valence-electron chi connectivity index (χ1n) is 14.0. The van der Waals surface area contributed by atoms with E-state index in [2.05, 4.69) is 6.58 Å². The Morgan fingerprint density at radius 3 is 1.88 bits per heavy atom. The standard InChI is InChI=1S/C34H36O9/c1-4-33(37)42-22-6-21-41-30-15-11-28(12-16-30)34(38)43-32-18-8-26(23-24(32)2)7-17-31(36)27-9-13-29(14-10-27)40-20-5-19-39-25(3)35/h4,8-16,18,23H,1,5-7,17,19-22H2,2-3H3. The molecule has 0 fully saturated rings. The fourth-order valence-electron chi connectivity index (χ4n) is 3.91. The predicted molar refractivity (Wildman–Crippen MR) is 160 cm³/mol. The van der Waals surface area contributed by atoms with Crippen LogP contribution in [0.3, 0.4) is 0 Å². The van der Waals surface area contributed by atoms with Crippen LogP contribution < -0.4 is 14.2 Å². The largest absolute Gasteiger partial charge is 0.493 e. The smallest absolute Gasteiger partial charge is 0.343 e. The predicted octanol–water partition coefficient (Wildman–Crippen LogP) is 5.86. The van der Waals surface area contributed by atoms with Gasteiger partial charge in [0.2, 0.25) is 0 Å². The second-order valence-electron chi connectivity index (χ2n) is 9.58. The van der Waals surface area contributed by atoms with E-state index in [-0.39, 0.29) is 18.4 Å². The first kappa shape index (κ1) is 32.6. The Kier molecular flexibility index (Phi) is 13.0. The zero-order chi connectivity index (χ0) is 31.0. The average Bonchev–Trinajstić information content (AvgIpc) is 3.01. The SMILES string of the molecule is C=CC(=O)OCCCOc1ccc(C(=O)Oc2ccc(CCC(=O)c3ccc(OCCCOC(C)=O)cc3)cc2C)cc1. The lowest BCUT2D eigenvalue weighted by Crippen LogP contribution is -2.10. The maximum Gasteiger partial charge on any atom is 0.343 e. The van der Waals surface area contributed by atoms with Crippen molar-refractivity contribution in [2.24, 2.45) is 0 Å². The van der Waals surface area contributed by atoms with Gasteiger partial charge in [-0.1, -0.05) is 18.7 Å². The van der Waals surface area contributed by atoms with E-state index >= 15 is 0 Å². The summed E-state index contributed by atoms with van der Waals surface area (Å²) in [6.07, 6.45) is 3.09. The lowest BCUT2D eigenvalue weighted by Gasteiger charge is -2.10. The van der Waals surface area contributed by atoms with Crippen LogP contribution in [0.2, 0.25) is 0 Å². The van der Waals surface area contributed by atoms with Crippen LogP contribution in [0, 0.1) is 6.92 Å². The van der Waals surface area contributed by atoms with Gasteiger partial charge in [-0.25, -0.2) is 9.59 Å². The van der Waals surface area contributed by atoms with Crippen molar-refractivity contribution in [1.29, 1.82) is 0 Å². The summed E-state index contributed by atoms with van der Waals surface area (Å²) in [4.78, 5) is 47.2. The van der Waals surface area contributed by atoms with Crippen molar-refractivity contribution in [1.82, 2.24) is 0 Å². The van der Waals surface area contributed by atoms with Crippen molar-refractivity contribution in [3.05, 3.63) is 102 Å². The van der Waals surface area contributed by atoms with Crippen molar-refractivity contribution in [3.8, 4) is 17.2 Å².